The van der Waals surface area contributed by atoms with Crippen LogP contribution in [-0.2, 0) is 4.74 Å². The Morgan fingerprint density at radius 1 is 1.14 bits per heavy atom. The Balaban J connectivity index is 1.58. The summed E-state index contributed by atoms with van der Waals surface area (Å²) >= 11 is 0. The van der Waals surface area contributed by atoms with Crippen molar-refractivity contribution in [3.05, 3.63) is 48.7 Å². The van der Waals surface area contributed by atoms with Gasteiger partial charge in [-0.3, -0.25) is 0 Å². The van der Waals surface area contributed by atoms with Gasteiger partial charge in [0.1, 0.15) is 23.7 Å². The van der Waals surface area contributed by atoms with Crippen LogP contribution >= 0.6 is 0 Å². The Labute approximate surface area is 170 Å². The van der Waals surface area contributed by atoms with Crippen LogP contribution < -0.4 is 14.8 Å². The van der Waals surface area contributed by atoms with Gasteiger partial charge in [-0.25, -0.2) is 9.48 Å². The van der Waals surface area contributed by atoms with E-state index in [-0.39, 0.29) is 6.04 Å². The van der Waals surface area contributed by atoms with Crippen molar-refractivity contribution >= 4 is 17.0 Å². The molecule has 29 heavy (non-hydrogen) atoms. The Kier molecular flexibility index (Phi) is 5.96. The number of aromatic nitrogens is 2. The standard InChI is InChI=1S/C22H27N3O4/c1-15(23-21(26)29-22(2,3)4)14-28-18-8-6-17(7-9-18)25-13-16-12-19(27-5)10-11-20(16)24-25/h6-13,15H,14H2,1-5H3,(H,23,26)/t15-/m0/s1. The first kappa shape index (κ1) is 20.5. The number of ether oxygens (including phenoxy) is 3. The van der Waals surface area contributed by atoms with Crippen molar-refractivity contribution in [1.29, 1.82) is 0 Å². The van der Waals surface area contributed by atoms with Crippen LogP contribution in [0.3, 0.4) is 0 Å². The zero-order valence-corrected chi connectivity index (χ0v) is 17.4. The van der Waals surface area contributed by atoms with Crippen molar-refractivity contribution < 1.29 is 19.0 Å². The highest BCUT2D eigenvalue weighted by atomic mass is 16.6. The summed E-state index contributed by atoms with van der Waals surface area (Å²) in [7, 11) is 1.65. The fraction of sp³-hybridized carbons (Fsp3) is 0.364. The number of nitrogens with one attached hydrogen (secondary N) is 1. The lowest BCUT2D eigenvalue weighted by molar-refractivity contribution is 0.0494. The average molecular weight is 397 g/mol. The van der Waals surface area contributed by atoms with Gasteiger partial charge in [-0.1, -0.05) is 0 Å². The number of amides is 1. The largest absolute Gasteiger partial charge is 0.497 e. The summed E-state index contributed by atoms with van der Waals surface area (Å²) in [6, 6.07) is 13.2. The molecule has 7 nitrogen and oxygen atoms in total. The molecule has 3 aromatic rings. The van der Waals surface area contributed by atoms with E-state index < -0.39 is 11.7 Å². The number of alkyl carbamates (subject to hydrolysis) is 1. The van der Waals surface area contributed by atoms with E-state index in [1.54, 1.807) is 7.11 Å². The van der Waals surface area contributed by atoms with Gasteiger partial charge in [0.2, 0.25) is 0 Å². The third-order valence-electron chi connectivity index (χ3n) is 4.08. The second-order valence-corrected chi connectivity index (χ2v) is 7.85. The molecule has 1 amide bonds. The second-order valence-electron chi connectivity index (χ2n) is 7.85. The summed E-state index contributed by atoms with van der Waals surface area (Å²) < 4.78 is 18.1. The number of hydrogen-bond acceptors (Lipinski definition) is 5. The Hall–Kier alpha value is -3.22. The molecule has 1 heterocycles. The molecule has 0 unspecified atom stereocenters. The lowest BCUT2D eigenvalue weighted by atomic mass is 10.2. The number of rotatable bonds is 6. The summed E-state index contributed by atoms with van der Waals surface area (Å²) in [4.78, 5) is 11.8. The zero-order valence-electron chi connectivity index (χ0n) is 17.4. The molecule has 1 atom stereocenters. The maximum absolute atomic E-state index is 11.8. The molecule has 0 fully saturated rings. The smallest absolute Gasteiger partial charge is 0.407 e. The van der Waals surface area contributed by atoms with E-state index in [4.69, 9.17) is 14.2 Å². The van der Waals surface area contributed by atoms with Crippen LogP contribution in [0.1, 0.15) is 27.7 Å². The van der Waals surface area contributed by atoms with Crippen molar-refractivity contribution in [3.8, 4) is 17.2 Å². The summed E-state index contributed by atoms with van der Waals surface area (Å²) in [6.45, 7) is 7.68. The molecule has 0 spiro atoms. The molecular weight excluding hydrogens is 370 g/mol. The zero-order chi connectivity index (χ0) is 21.0. The number of hydrogen-bond donors (Lipinski definition) is 1. The molecule has 0 aliphatic rings. The number of carbonyl (C=O) groups excluding carboxylic acids is 1. The van der Waals surface area contributed by atoms with Crippen molar-refractivity contribution in [1.82, 2.24) is 15.1 Å². The second kappa shape index (κ2) is 8.43. The van der Waals surface area contributed by atoms with Crippen LogP contribution in [0.5, 0.6) is 11.5 Å². The highest BCUT2D eigenvalue weighted by Gasteiger charge is 2.17. The van der Waals surface area contributed by atoms with Gasteiger partial charge in [-0.05, 0) is 70.2 Å². The first-order valence-electron chi connectivity index (χ1n) is 9.50. The molecule has 0 saturated heterocycles. The highest BCUT2D eigenvalue weighted by Crippen LogP contribution is 2.22. The number of fused-ring (bicyclic) bond motifs is 1. The number of nitrogens with zero attached hydrogens (tertiary/aromatic N) is 2. The molecule has 154 valence electrons. The minimum absolute atomic E-state index is 0.184. The van der Waals surface area contributed by atoms with Crippen molar-refractivity contribution in [2.24, 2.45) is 0 Å². The predicted molar refractivity (Wildman–Crippen MR) is 112 cm³/mol. The molecule has 0 bridgehead atoms. The van der Waals surface area contributed by atoms with Gasteiger partial charge in [0, 0.05) is 11.6 Å². The summed E-state index contributed by atoms with van der Waals surface area (Å²) in [5, 5.41) is 8.35. The van der Waals surface area contributed by atoms with E-state index in [0.29, 0.717) is 12.4 Å². The highest BCUT2D eigenvalue weighted by molar-refractivity contribution is 5.80. The van der Waals surface area contributed by atoms with Crippen LogP contribution in [0.4, 0.5) is 4.79 Å². The van der Waals surface area contributed by atoms with Crippen LogP contribution in [-0.4, -0.2) is 41.2 Å². The van der Waals surface area contributed by atoms with Crippen LogP contribution in [0.15, 0.2) is 48.7 Å². The van der Waals surface area contributed by atoms with E-state index >= 15 is 0 Å². The van der Waals surface area contributed by atoms with Crippen molar-refractivity contribution in [3.63, 3.8) is 0 Å². The summed E-state index contributed by atoms with van der Waals surface area (Å²) in [5.74, 6) is 1.51. The maximum atomic E-state index is 11.8. The summed E-state index contributed by atoms with van der Waals surface area (Å²) in [6.07, 6.45) is 1.51. The SMILES string of the molecule is COc1ccc2nn(-c3ccc(OC[C@H](C)NC(=O)OC(C)(C)C)cc3)cc2c1. The Morgan fingerprint density at radius 3 is 2.48 bits per heavy atom. The number of carbonyl (C=O) groups is 1. The number of methoxy groups -OCH3 is 1. The van der Waals surface area contributed by atoms with Gasteiger partial charge in [0.15, 0.2) is 0 Å². The molecule has 0 aliphatic carbocycles. The van der Waals surface area contributed by atoms with E-state index in [2.05, 4.69) is 10.4 Å². The lowest BCUT2D eigenvalue weighted by Gasteiger charge is -2.22. The van der Waals surface area contributed by atoms with Gasteiger partial charge >= 0.3 is 6.09 Å². The van der Waals surface area contributed by atoms with Gasteiger partial charge in [0.25, 0.3) is 0 Å². The molecule has 1 N–H and O–H groups in total. The fourth-order valence-corrected chi connectivity index (χ4v) is 2.73. The van der Waals surface area contributed by atoms with Gasteiger partial charge in [-0.15, -0.1) is 0 Å². The molecule has 0 saturated carbocycles. The molecular formula is C22H27N3O4. The van der Waals surface area contributed by atoms with Crippen LogP contribution in [0.2, 0.25) is 0 Å². The molecule has 0 aliphatic heterocycles. The molecule has 0 radical (unpaired) electrons. The third-order valence-corrected chi connectivity index (χ3v) is 4.08. The monoisotopic (exact) mass is 397 g/mol. The van der Waals surface area contributed by atoms with E-state index in [9.17, 15) is 4.79 Å². The first-order valence-corrected chi connectivity index (χ1v) is 9.50. The van der Waals surface area contributed by atoms with Gasteiger partial charge < -0.3 is 19.5 Å². The quantitative estimate of drug-likeness (QED) is 0.670. The molecule has 3 rings (SSSR count). The Bertz CT molecular complexity index is 974. The number of benzene rings is 2. The topological polar surface area (TPSA) is 74.6 Å². The third kappa shape index (κ3) is 5.63. The van der Waals surface area contributed by atoms with E-state index in [0.717, 1.165) is 22.3 Å². The maximum Gasteiger partial charge on any atom is 0.407 e. The minimum atomic E-state index is -0.525. The van der Waals surface area contributed by atoms with E-state index in [1.165, 1.54) is 0 Å². The summed E-state index contributed by atoms with van der Waals surface area (Å²) in [5.41, 5.74) is 1.30. The van der Waals surface area contributed by atoms with Gasteiger partial charge in [0.05, 0.1) is 24.4 Å². The average Bonchev–Trinajstić information content (AvgIpc) is 3.08. The van der Waals surface area contributed by atoms with Crippen LogP contribution in [0.25, 0.3) is 16.6 Å². The van der Waals surface area contributed by atoms with Crippen LogP contribution in [0, 0.1) is 0 Å². The Morgan fingerprint density at radius 2 is 1.83 bits per heavy atom. The minimum Gasteiger partial charge on any atom is -0.497 e. The normalized spacial score (nSPS) is 12.4. The van der Waals surface area contributed by atoms with Crippen molar-refractivity contribution in [2.75, 3.05) is 13.7 Å². The molecule has 7 heteroatoms. The molecule has 1 aromatic heterocycles. The van der Waals surface area contributed by atoms with Crippen molar-refractivity contribution in [2.45, 2.75) is 39.3 Å². The van der Waals surface area contributed by atoms with Gasteiger partial charge in [-0.2, -0.15) is 5.10 Å². The first-order chi connectivity index (χ1) is 13.7. The fourth-order valence-electron chi connectivity index (χ4n) is 2.73. The predicted octanol–water partition coefficient (Wildman–Crippen LogP) is 4.33. The van der Waals surface area contributed by atoms with E-state index in [1.807, 2.05) is 81.0 Å². The lowest BCUT2D eigenvalue weighted by Crippen LogP contribution is -2.40. The molecule has 2 aromatic carbocycles.